The third-order valence-electron chi connectivity index (χ3n) is 13.5. The van der Waals surface area contributed by atoms with Crippen molar-refractivity contribution in [2.24, 2.45) is 17.4 Å². The number of amides is 4. The summed E-state index contributed by atoms with van der Waals surface area (Å²) in [5, 5.41) is 13.1. The molecule has 5 N–H and O–H groups in total. The summed E-state index contributed by atoms with van der Waals surface area (Å²) in [6.07, 6.45) is 5.25. The average molecular weight is 1030 g/mol. The molecule has 1 unspecified atom stereocenters. The number of anilines is 1. The van der Waals surface area contributed by atoms with Gasteiger partial charge in [-0.2, -0.15) is 10.2 Å². The van der Waals surface area contributed by atoms with Gasteiger partial charge in [-0.25, -0.2) is 19.0 Å². The van der Waals surface area contributed by atoms with E-state index in [1.54, 1.807) is 25.4 Å². The van der Waals surface area contributed by atoms with Gasteiger partial charge in [-0.15, -0.1) is 0 Å². The highest BCUT2D eigenvalue weighted by molar-refractivity contribution is 6.04. The molecular weight excluding hydrogens is 965 g/mol. The second-order valence-electron chi connectivity index (χ2n) is 21.3. The zero-order valence-electron chi connectivity index (χ0n) is 43.9. The highest BCUT2D eigenvalue weighted by Crippen LogP contribution is 2.43. The summed E-state index contributed by atoms with van der Waals surface area (Å²) in [7, 11) is 0. The molecule has 76 heavy (non-hydrogen) atoms. The maximum absolute atomic E-state index is 12.6. The van der Waals surface area contributed by atoms with Gasteiger partial charge in [-0.1, -0.05) is 36.4 Å². The number of nitrogens with one attached hydrogen (secondary N) is 1. The first kappa shape index (κ1) is 52.5. The quantitative estimate of drug-likeness (QED) is 0.116. The van der Waals surface area contributed by atoms with Crippen LogP contribution in [-0.2, 0) is 9.47 Å². The third kappa shape index (κ3) is 12.2. The highest BCUT2D eigenvalue weighted by Gasteiger charge is 2.38. The van der Waals surface area contributed by atoms with Crippen molar-refractivity contribution in [2.75, 3.05) is 38.0 Å². The molecule has 396 valence electrons. The number of nitrogens with two attached hydrogens (primary N) is 2. The van der Waals surface area contributed by atoms with Gasteiger partial charge < -0.3 is 45.5 Å². The summed E-state index contributed by atoms with van der Waals surface area (Å²) in [5.74, 6) is 2.36. The molecule has 0 aliphatic carbocycles. The summed E-state index contributed by atoms with van der Waals surface area (Å²) >= 11 is 0. The number of fused-ring (bicyclic) bond motifs is 2. The molecule has 10 rings (SSSR count). The molecule has 0 radical (unpaired) electrons. The first-order valence-electron chi connectivity index (χ1n) is 25.9. The van der Waals surface area contributed by atoms with Crippen LogP contribution < -0.4 is 26.3 Å². The van der Waals surface area contributed by atoms with Crippen molar-refractivity contribution in [3.05, 3.63) is 144 Å². The summed E-state index contributed by atoms with van der Waals surface area (Å²) in [5.41, 5.74) is 16.3. The molecule has 6 heterocycles. The van der Waals surface area contributed by atoms with Crippen LogP contribution in [0.3, 0.4) is 0 Å². The van der Waals surface area contributed by atoms with Crippen LogP contribution in [0.4, 0.5) is 15.3 Å². The van der Waals surface area contributed by atoms with Crippen molar-refractivity contribution in [2.45, 2.75) is 96.7 Å². The van der Waals surface area contributed by atoms with Crippen LogP contribution in [-0.4, -0.2) is 102 Å². The molecule has 0 spiro atoms. The number of para-hydroxylation sites is 2. The Labute approximate surface area is 442 Å². The van der Waals surface area contributed by atoms with E-state index in [2.05, 4.69) is 10.3 Å². The van der Waals surface area contributed by atoms with Gasteiger partial charge in [0.25, 0.3) is 11.8 Å². The highest BCUT2D eigenvalue weighted by atomic mass is 16.6. The number of aromatic nitrogens is 5. The summed E-state index contributed by atoms with van der Waals surface area (Å²) in [6, 6.07) is 35.7. The van der Waals surface area contributed by atoms with Crippen LogP contribution in [0.1, 0.15) is 118 Å². The Morgan fingerprint density at radius 3 is 1.49 bits per heavy atom. The van der Waals surface area contributed by atoms with E-state index < -0.39 is 23.0 Å². The van der Waals surface area contributed by atoms with Crippen molar-refractivity contribution in [3.63, 3.8) is 0 Å². The molecule has 7 aromatic rings. The molecule has 0 bridgehead atoms. The monoisotopic (exact) mass is 1030 g/mol. The van der Waals surface area contributed by atoms with E-state index in [0.29, 0.717) is 71.7 Å². The molecule has 3 aromatic heterocycles. The SMILES string of the molecule is CC(C)(C)OC(=O)N1CCC(C2CCNc3c2nn(-c2ccc(Oc4ccccc4)cc2)c3C(N)=O)CC1.CC(C)(C)OC(=O)N1CCC(c2ccnc3c(C(N)=O)n(-c4ccc(Oc5ccccc5)cc4)nc23)CC1. The number of primary amides is 2. The molecule has 4 aromatic carbocycles. The number of carbonyl (C=O) groups excluding carboxylic acids is 4. The van der Waals surface area contributed by atoms with Gasteiger partial charge in [-0.3, -0.25) is 14.6 Å². The average Bonchev–Trinajstić information content (AvgIpc) is 4.01. The summed E-state index contributed by atoms with van der Waals surface area (Å²) < 4.78 is 26.1. The second-order valence-corrected chi connectivity index (χ2v) is 21.3. The molecule has 3 aliphatic rings. The Morgan fingerprint density at radius 2 is 1.01 bits per heavy atom. The number of carbonyl (C=O) groups is 4. The van der Waals surface area contributed by atoms with Crippen LogP contribution >= 0.6 is 0 Å². The Hall–Kier alpha value is -8.41. The van der Waals surface area contributed by atoms with Gasteiger partial charge in [-0.05, 0) is 170 Å². The Kier molecular flexibility index (Phi) is 15.3. The van der Waals surface area contributed by atoms with Crippen LogP contribution in [0.5, 0.6) is 23.0 Å². The zero-order chi connectivity index (χ0) is 53.7. The minimum atomic E-state index is -0.610. The van der Waals surface area contributed by atoms with E-state index >= 15 is 0 Å². The zero-order valence-corrected chi connectivity index (χ0v) is 43.9. The predicted molar refractivity (Wildman–Crippen MR) is 289 cm³/mol. The number of benzene rings is 4. The van der Waals surface area contributed by atoms with E-state index in [4.69, 9.17) is 40.6 Å². The second kappa shape index (κ2) is 22.2. The van der Waals surface area contributed by atoms with E-state index in [0.717, 1.165) is 67.1 Å². The van der Waals surface area contributed by atoms with Gasteiger partial charge in [0.1, 0.15) is 45.2 Å². The van der Waals surface area contributed by atoms with Crippen molar-refractivity contribution in [1.82, 2.24) is 34.3 Å². The smallest absolute Gasteiger partial charge is 0.410 e. The molecule has 2 fully saturated rings. The van der Waals surface area contributed by atoms with E-state index in [9.17, 15) is 19.2 Å². The molecule has 2 saturated heterocycles. The number of hydrogen-bond donors (Lipinski definition) is 3. The topological polar surface area (TPSA) is 224 Å². The van der Waals surface area contributed by atoms with Crippen molar-refractivity contribution in [3.8, 4) is 34.4 Å². The van der Waals surface area contributed by atoms with Gasteiger partial charge in [0.2, 0.25) is 0 Å². The number of likely N-dealkylation sites (tertiary alicyclic amines) is 2. The van der Waals surface area contributed by atoms with Crippen LogP contribution in [0.25, 0.3) is 22.4 Å². The third-order valence-corrected chi connectivity index (χ3v) is 13.5. The van der Waals surface area contributed by atoms with Crippen LogP contribution in [0, 0.1) is 5.92 Å². The minimum Gasteiger partial charge on any atom is -0.457 e. The number of pyridine rings is 1. The first-order chi connectivity index (χ1) is 36.4. The van der Waals surface area contributed by atoms with Crippen LogP contribution in [0.15, 0.2) is 121 Å². The van der Waals surface area contributed by atoms with Gasteiger partial charge in [0.05, 0.1) is 22.8 Å². The molecule has 0 saturated carbocycles. The lowest BCUT2D eigenvalue weighted by atomic mass is 9.78. The number of hydrogen-bond acceptors (Lipinski definition) is 12. The molecular formula is C58H66N10O8. The Bertz CT molecular complexity index is 3170. The number of rotatable bonds is 10. The number of nitrogens with zero attached hydrogens (tertiary/aromatic N) is 7. The predicted octanol–water partition coefficient (Wildman–Crippen LogP) is 10.7. The molecule has 3 aliphatic heterocycles. The molecule has 1 atom stereocenters. The Morgan fingerprint density at radius 1 is 0.553 bits per heavy atom. The molecule has 18 heteroatoms. The first-order valence-corrected chi connectivity index (χ1v) is 25.9. The Balaban J connectivity index is 0.000000186. The van der Waals surface area contributed by atoms with Crippen molar-refractivity contribution in [1.29, 1.82) is 0 Å². The lowest BCUT2D eigenvalue weighted by Gasteiger charge is -2.37. The standard InChI is InChI=1S/C29H35N5O4.C29H31N5O4/c2*1-29(2,3)38-28(36)33-17-14-19(15-18-33)23-13-16-31-25-24(23)32-34(26(25)27(30)35)20-9-11-22(12-10-20)37-21-7-5-4-6-8-21/h4-12,19,23,31H,13-18H2,1-3H3,(H2,30,35);4-13,16,19H,14-15,17-18H2,1-3H3,(H2,30,35). The largest absolute Gasteiger partial charge is 0.457 e. The molecule has 18 nitrogen and oxygen atoms in total. The number of ether oxygens (including phenoxy) is 4. The number of piperidine rings is 2. The maximum Gasteiger partial charge on any atom is 0.410 e. The van der Waals surface area contributed by atoms with Crippen LogP contribution in [0.2, 0.25) is 0 Å². The lowest BCUT2D eigenvalue weighted by molar-refractivity contribution is 0.0169. The minimum absolute atomic E-state index is 0.157. The van der Waals surface area contributed by atoms with Crippen molar-refractivity contribution >= 4 is 40.7 Å². The van der Waals surface area contributed by atoms with Gasteiger partial charge in [0.15, 0.2) is 11.4 Å². The van der Waals surface area contributed by atoms with E-state index in [1.807, 2.05) is 157 Å². The van der Waals surface area contributed by atoms with E-state index in [-0.39, 0.29) is 29.7 Å². The maximum atomic E-state index is 12.6. The fourth-order valence-electron chi connectivity index (χ4n) is 10.0. The van der Waals surface area contributed by atoms with Gasteiger partial charge in [0, 0.05) is 44.8 Å². The van der Waals surface area contributed by atoms with Gasteiger partial charge >= 0.3 is 12.2 Å². The normalized spacial score (nSPS) is 16.2. The lowest BCUT2D eigenvalue weighted by Crippen LogP contribution is -2.43. The van der Waals surface area contributed by atoms with Crippen molar-refractivity contribution < 1.29 is 38.1 Å². The molecule has 4 amide bonds. The fraction of sp³-hybridized carbons (Fsp3) is 0.362. The van der Waals surface area contributed by atoms with E-state index in [1.165, 1.54) is 0 Å². The summed E-state index contributed by atoms with van der Waals surface area (Å²) in [4.78, 5) is 58.1. The summed E-state index contributed by atoms with van der Waals surface area (Å²) in [6.45, 7) is 14.4. The fourth-order valence-corrected chi connectivity index (χ4v) is 10.0.